The second-order valence-corrected chi connectivity index (χ2v) is 7.42. The summed E-state index contributed by atoms with van der Waals surface area (Å²) < 4.78 is 16.5. The average Bonchev–Trinajstić information content (AvgIpc) is 2.53. The minimum atomic E-state index is -0.490. The molecule has 24 heavy (non-hydrogen) atoms. The van der Waals surface area contributed by atoms with E-state index in [9.17, 15) is 4.79 Å². The molecule has 6 heteroatoms. The Bertz CT molecular complexity index is 589. The first-order valence-corrected chi connectivity index (χ1v) is 8.46. The van der Waals surface area contributed by atoms with Gasteiger partial charge in [0.15, 0.2) is 0 Å². The van der Waals surface area contributed by atoms with Gasteiger partial charge in [-0.15, -0.1) is 0 Å². The molecule has 0 N–H and O–H groups in total. The summed E-state index contributed by atoms with van der Waals surface area (Å²) in [6, 6.07) is 5.70. The monoisotopic (exact) mass is 355 g/mol. The molecule has 0 spiro atoms. The minimum Gasteiger partial charge on any atom is -0.495 e. The number of piperidine rings is 1. The molecule has 0 unspecified atom stereocenters. The van der Waals surface area contributed by atoms with E-state index >= 15 is 0 Å². The Morgan fingerprint density at radius 2 is 1.83 bits per heavy atom. The van der Waals surface area contributed by atoms with Gasteiger partial charge in [0.25, 0.3) is 0 Å². The zero-order chi connectivity index (χ0) is 18.0. The number of hydrogen-bond donors (Lipinski definition) is 0. The number of methoxy groups -OCH3 is 2. The Morgan fingerprint density at radius 1 is 1.21 bits per heavy atom. The van der Waals surface area contributed by atoms with Gasteiger partial charge in [-0.2, -0.15) is 0 Å². The maximum Gasteiger partial charge on any atom is 0.410 e. The fourth-order valence-corrected chi connectivity index (χ4v) is 3.20. The third-order valence-electron chi connectivity index (χ3n) is 4.29. The molecule has 1 amide bonds. The van der Waals surface area contributed by atoms with E-state index in [1.807, 2.05) is 39.0 Å². The Kier molecular flexibility index (Phi) is 5.66. The Hall–Kier alpha value is -1.46. The number of nitrogens with zero attached hydrogens (tertiary/aromatic N) is 1. The molecular formula is C18H26ClNO4. The molecule has 1 saturated heterocycles. The number of halogens is 1. The highest BCUT2D eigenvalue weighted by atomic mass is 35.5. The number of benzene rings is 1. The molecule has 1 fully saturated rings. The SMILES string of the molecule is COc1ccc(C2(OC)CCN(C(=O)OC(C)(C)C)CC2)cc1Cl. The highest BCUT2D eigenvalue weighted by Crippen LogP contribution is 2.39. The molecule has 0 radical (unpaired) electrons. The molecular weight excluding hydrogens is 330 g/mol. The number of likely N-dealkylation sites (tertiary alicyclic amines) is 1. The lowest BCUT2D eigenvalue weighted by Gasteiger charge is -2.41. The van der Waals surface area contributed by atoms with Crippen LogP contribution >= 0.6 is 11.6 Å². The number of amides is 1. The second kappa shape index (κ2) is 7.19. The zero-order valence-electron chi connectivity index (χ0n) is 15.0. The summed E-state index contributed by atoms with van der Waals surface area (Å²) in [4.78, 5) is 13.9. The molecule has 0 saturated carbocycles. The predicted octanol–water partition coefficient (Wildman–Crippen LogP) is 4.22. The summed E-state index contributed by atoms with van der Waals surface area (Å²) in [5.74, 6) is 0.637. The number of rotatable bonds is 3. The molecule has 134 valence electrons. The molecule has 5 nitrogen and oxygen atoms in total. The van der Waals surface area contributed by atoms with Crippen LogP contribution in [0.3, 0.4) is 0 Å². The van der Waals surface area contributed by atoms with Gasteiger partial charge in [0, 0.05) is 20.2 Å². The molecule has 0 aromatic heterocycles. The van der Waals surface area contributed by atoms with E-state index in [-0.39, 0.29) is 6.09 Å². The summed E-state index contributed by atoms with van der Waals surface area (Å²) in [5.41, 5.74) is 0.0600. The Morgan fingerprint density at radius 3 is 2.29 bits per heavy atom. The van der Waals surface area contributed by atoms with Crippen LogP contribution in [-0.4, -0.2) is 43.9 Å². The van der Waals surface area contributed by atoms with Crippen molar-refractivity contribution >= 4 is 17.7 Å². The number of carbonyl (C=O) groups is 1. The van der Waals surface area contributed by atoms with Crippen LogP contribution in [0.1, 0.15) is 39.2 Å². The first kappa shape index (κ1) is 18.9. The van der Waals surface area contributed by atoms with Crippen LogP contribution in [0.25, 0.3) is 0 Å². The molecule has 1 aliphatic heterocycles. The average molecular weight is 356 g/mol. The van der Waals surface area contributed by atoms with E-state index in [4.69, 9.17) is 25.8 Å². The van der Waals surface area contributed by atoms with Crippen molar-refractivity contribution in [3.05, 3.63) is 28.8 Å². The van der Waals surface area contributed by atoms with Crippen molar-refractivity contribution in [3.63, 3.8) is 0 Å². The van der Waals surface area contributed by atoms with Crippen molar-refractivity contribution in [2.75, 3.05) is 27.3 Å². The van der Waals surface area contributed by atoms with Gasteiger partial charge in [0.05, 0.1) is 17.7 Å². The third kappa shape index (κ3) is 4.14. The van der Waals surface area contributed by atoms with E-state index in [0.29, 0.717) is 36.7 Å². The number of ether oxygens (including phenoxy) is 3. The lowest BCUT2D eigenvalue weighted by Crippen LogP contribution is -2.47. The van der Waals surface area contributed by atoms with Crippen LogP contribution in [0.5, 0.6) is 5.75 Å². The van der Waals surface area contributed by atoms with E-state index in [0.717, 1.165) is 5.56 Å². The first-order chi connectivity index (χ1) is 11.2. The summed E-state index contributed by atoms with van der Waals surface area (Å²) in [6.07, 6.45) is 1.09. The van der Waals surface area contributed by atoms with E-state index in [2.05, 4.69) is 0 Å². The van der Waals surface area contributed by atoms with Crippen LogP contribution in [0, 0.1) is 0 Å². The smallest absolute Gasteiger partial charge is 0.410 e. The van der Waals surface area contributed by atoms with E-state index < -0.39 is 11.2 Å². The topological polar surface area (TPSA) is 48.0 Å². The van der Waals surface area contributed by atoms with Crippen molar-refractivity contribution in [1.82, 2.24) is 4.90 Å². The molecule has 0 bridgehead atoms. The second-order valence-electron chi connectivity index (χ2n) is 7.02. The maximum atomic E-state index is 12.2. The minimum absolute atomic E-state index is 0.278. The molecule has 1 aromatic carbocycles. The summed E-state index contributed by atoms with van der Waals surface area (Å²) in [7, 11) is 3.29. The highest BCUT2D eigenvalue weighted by Gasteiger charge is 2.39. The summed E-state index contributed by atoms with van der Waals surface area (Å²) in [5, 5.41) is 0.556. The molecule has 2 rings (SSSR count). The van der Waals surface area contributed by atoms with Crippen molar-refractivity contribution < 1.29 is 19.0 Å². The highest BCUT2D eigenvalue weighted by molar-refractivity contribution is 6.32. The van der Waals surface area contributed by atoms with Gasteiger partial charge in [0.1, 0.15) is 11.4 Å². The zero-order valence-corrected chi connectivity index (χ0v) is 15.8. The molecule has 0 atom stereocenters. The van der Waals surface area contributed by atoms with Gasteiger partial charge in [-0.05, 0) is 51.3 Å². The molecule has 1 aromatic rings. The van der Waals surface area contributed by atoms with Gasteiger partial charge in [-0.3, -0.25) is 0 Å². The molecule has 0 aliphatic carbocycles. The van der Waals surface area contributed by atoms with Crippen LogP contribution < -0.4 is 4.74 Å². The number of carbonyl (C=O) groups excluding carboxylic acids is 1. The third-order valence-corrected chi connectivity index (χ3v) is 4.59. The van der Waals surface area contributed by atoms with Crippen molar-refractivity contribution in [3.8, 4) is 5.75 Å². The largest absolute Gasteiger partial charge is 0.495 e. The Balaban J connectivity index is 2.11. The summed E-state index contributed by atoms with van der Waals surface area (Å²) >= 11 is 6.25. The fraction of sp³-hybridized carbons (Fsp3) is 0.611. The maximum absolute atomic E-state index is 12.2. The van der Waals surface area contributed by atoms with E-state index in [1.54, 1.807) is 19.1 Å². The van der Waals surface area contributed by atoms with Crippen molar-refractivity contribution in [2.24, 2.45) is 0 Å². The predicted molar refractivity (Wildman–Crippen MR) is 93.7 cm³/mol. The Labute approximate surface area is 148 Å². The van der Waals surface area contributed by atoms with Gasteiger partial charge >= 0.3 is 6.09 Å². The van der Waals surface area contributed by atoms with Crippen LogP contribution in [0.4, 0.5) is 4.79 Å². The lowest BCUT2D eigenvalue weighted by molar-refractivity contribution is -0.0650. The first-order valence-electron chi connectivity index (χ1n) is 8.08. The molecule has 1 heterocycles. The van der Waals surface area contributed by atoms with Crippen molar-refractivity contribution in [2.45, 2.75) is 44.8 Å². The summed E-state index contributed by atoms with van der Waals surface area (Å²) in [6.45, 7) is 6.76. The lowest BCUT2D eigenvalue weighted by atomic mass is 9.84. The van der Waals surface area contributed by atoms with Crippen LogP contribution in [0.2, 0.25) is 5.02 Å². The standard InChI is InChI=1S/C18H26ClNO4/c1-17(2,3)24-16(21)20-10-8-18(23-5,9-11-20)13-6-7-15(22-4)14(19)12-13/h6-7,12H,8-11H2,1-5H3. The van der Waals surface area contributed by atoms with E-state index in [1.165, 1.54) is 0 Å². The van der Waals surface area contributed by atoms with Crippen molar-refractivity contribution in [1.29, 1.82) is 0 Å². The number of hydrogen-bond acceptors (Lipinski definition) is 4. The van der Waals surface area contributed by atoms with Crippen LogP contribution in [0.15, 0.2) is 18.2 Å². The fourth-order valence-electron chi connectivity index (χ4n) is 2.94. The normalized spacial score (nSPS) is 17.5. The van der Waals surface area contributed by atoms with Gasteiger partial charge < -0.3 is 19.1 Å². The van der Waals surface area contributed by atoms with Gasteiger partial charge in [-0.25, -0.2) is 4.79 Å². The quantitative estimate of drug-likeness (QED) is 0.814. The molecule has 1 aliphatic rings. The van der Waals surface area contributed by atoms with Crippen LogP contribution in [-0.2, 0) is 15.1 Å². The van der Waals surface area contributed by atoms with Gasteiger partial charge in [0.2, 0.25) is 0 Å². The van der Waals surface area contributed by atoms with Gasteiger partial charge in [-0.1, -0.05) is 17.7 Å².